The number of nitrogens with one attached hydrogen (secondary N) is 1. The summed E-state index contributed by atoms with van der Waals surface area (Å²) in [6, 6.07) is 13.8. The van der Waals surface area contributed by atoms with E-state index in [0.29, 0.717) is 6.54 Å². The Bertz CT molecular complexity index is 718. The van der Waals surface area contributed by atoms with Crippen LogP contribution < -0.4 is 10.5 Å². The van der Waals surface area contributed by atoms with E-state index in [1.807, 2.05) is 42.5 Å². The normalized spacial score (nSPS) is 10.8. The molecule has 2 aromatic carbocycles. The molecule has 19 heavy (non-hydrogen) atoms. The molecule has 3 N–H and O–H groups in total. The summed E-state index contributed by atoms with van der Waals surface area (Å²) in [5, 5.41) is 0. The molecule has 0 unspecified atom stereocenters. The number of imidazole rings is 1. The van der Waals surface area contributed by atoms with Crippen molar-refractivity contribution in [2.45, 2.75) is 6.54 Å². The molecule has 4 nitrogen and oxygen atoms in total. The van der Waals surface area contributed by atoms with E-state index in [1.54, 1.807) is 7.11 Å². The monoisotopic (exact) mass is 253 g/mol. The van der Waals surface area contributed by atoms with E-state index in [-0.39, 0.29) is 0 Å². The molecule has 0 atom stereocenters. The van der Waals surface area contributed by atoms with Crippen LogP contribution >= 0.6 is 0 Å². The Balaban J connectivity index is 2.09. The predicted molar refractivity (Wildman–Crippen MR) is 76.0 cm³/mol. The van der Waals surface area contributed by atoms with Gasteiger partial charge in [-0.15, -0.1) is 0 Å². The summed E-state index contributed by atoms with van der Waals surface area (Å²) in [7, 11) is 1.66. The summed E-state index contributed by atoms with van der Waals surface area (Å²) in [4.78, 5) is 7.90. The van der Waals surface area contributed by atoms with Crippen molar-refractivity contribution in [2.75, 3.05) is 7.11 Å². The molecule has 0 fully saturated rings. The molecule has 0 aliphatic carbocycles. The number of nitrogens with zero attached hydrogens (tertiary/aromatic N) is 1. The van der Waals surface area contributed by atoms with Gasteiger partial charge in [-0.3, -0.25) is 0 Å². The maximum Gasteiger partial charge on any atom is 0.138 e. The van der Waals surface area contributed by atoms with Crippen LogP contribution in [-0.2, 0) is 6.54 Å². The zero-order valence-corrected chi connectivity index (χ0v) is 10.7. The van der Waals surface area contributed by atoms with Gasteiger partial charge in [-0.05, 0) is 29.8 Å². The van der Waals surface area contributed by atoms with Gasteiger partial charge in [0.05, 0.1) is 18.1 Å². The number of benzene rings is 2. The SMILES string of the molecule is COc1cccc(-c2nc3ccc(CN)cc3[nH]2)c1. The van der Waals surface area contributed by atoms with Crippen molar-refractivity contribution >= 4 is 11.0 Å². The average Bonchev–Trinajstić information content (AvgIpc) is 2.90. The zero-order chi connectivity index (χ0) is 13.2. The predicted octanol–water partition coefficient (Wildman–Crippen LogP) is 2.70. The highest BCUT2D eigenvalue weighted by Gasteiger charge is 2.06. The number of rotatable bonds is 3. The highest BCUT2D eigenvalue weighted by atomic mass is 16.5. The van der Waals surface area contributed by atoms with Gasteiger partial charge in [-0.1, -0.05) is 18.2 Å². The summed E-state index contributed by atoms with van der Waals surface area (Å²) >= 11 is 0. The van der Waals surface area contributed by atoms with Crippen molar-refractivity contribution in [3.8, 4) is 17.1 Å². The van der Waals surface area contributed by atoms with E-state index < -0.39 is 0 Å². The highest BCUT2D eigenvalue weighted by Crippen LogP contribution is 2.24. The Morgan fingerprint density at radius 2 is 2.11 bits per heavy atom. The molecule has 0 aliphatic rings. The lowest BCUT2D eigenvalue weighted by Crippen LogP contribution is -1.95. The molecule has 0 radical (unpaired) electrons. The van der Waals surface area contributed by atoms with Crippen LogP contribution in [0.4, 0.5) is 0 Å². The fraction of sp³-hybridized carbons (Fsp3) is 0.133. The minimum absolute atomic E-state index is 0.531. The van der Waals surface area contributed by atoms with Crippen LogP contribution in [0.25, 0.3) is 22.4 Å². The fourth-order valence-electron chi connectivity index (χ4n) is 2.09. The Hall–Kier alpha value is -2.33. The number of fused-ring (bicyclic) bond motifs is 1. The summed E-state index contributed by atoms with van der Waals surface area (Å²) in [5.74, 6) is 1.66. The molecule has 0 spiro atoms. The fourth-order valence-corrected chi connectivity index (χ4v) is 2.09. The van der Waals surface area contributed by atoms with Gasteiger partial charge in [0.2, 0.25) is 0 Å². The smallest absolute Gasteiger partial charge is 0.138 e. The molecule has 0 amide bonds. The number of hydrogen-bond donors (Lipinski definition) is 2. The van der Waals surface area contributed by atoms with E-state index in [0.717, 1.165) is 33.7 Å². The second kappa shape index (κ2) is 4.74. The van der Waals surface area contributed by atoms with Crippen molar-refractivity contribution in [2.24, 2.45) is 5.73 Å². The van der Waals surface area contributed by atoms with Gasteiger partial charge in [0.15, 0.2) is 0 Å². The molecule has 3 rings (SSSR count). The molecule has 0 bridgehead atoms. The number of methoxy groups -OCH3 is 1. The summed E-state index contributed by atoms with van der Waals surface area (Å²) in [6.45, 7) is 0.531. The molecule has 0 aliphatic heterocycles. The van der Waals surface area contributed by atoms with Crippen molar-refractivity contribution in [3.63, 3.8) is 0 Å². The lowest BCUT2D eigenvalue weighted by molar-refractivity contribution is 0.415. The Labute approximate surface area is 111 Å². The first-order valence-corrected chi connectivity index (χ1v) is 6.13. The summed E-state index contributed by atoms with van der Waals surface area (Å²) in [5.41, 5.74) is 9.68. The maximum absolute atomic E-state index is 5.65. The van der Waals surface area contributed by atoms with Crippen molar-refractivity contribution in [1.82, 2.24) is 9.97 Å². The van der Waals surface area contributed by atoms with Gasteiger partial charge < -0.3 is 15.5 Å². The Kier molecular flexibility index (Phi) is 2.93. The first-order chi connectivity index (χ1) is 9.30. The highest BCUT2D eigenvalue weighted by molar-refractivity contribution is 5.80. The Morgan fingerprint density at radius 3 is 2.89 bits per heavy atom. The van der Waals surface area contributed by atoms with Crippen LogP contribution in [0.15, 0.2) is 42.5 Å². The topological polar surface area (TPSA) is 63.9 Å². The molecule has 1 aromatic heterocycles. The molecule has 4 heteroatoms. The van der Waals surface area contributed by atoms with Gasteiger partial charge in [-0.2, -0.15) is 0 Å². The van der Waals surface area contributed by atoms with Gasteiger partial charge in [0.25, 0.3) is 0 Å². The minimum Gasteiger partial charge on any atom is -0.497 e. The number of ether oxygens (including phenoxy) is 1. The van der Waals surface area contributed by atoms with E-state index in [4.69, 9.17) is 10.5 Å². The van der Waals surface area contributed by atoms with Crippen LogP contribution in [0.3, 0.4) is 0 Å². The zero-order valence-electron chi connectivity index (χ0n) is 10.7. The third kappa shape index (κ3) is 2.18. The van der Waals surface area contributed by atoms with E-state index >= 15 is 0 Å². The van der Waals surface area contributed by atoms with E-state index in [9.17, 15) is 0 Å². The van der Waals surface area contributed by atoms with Crippen LogP contribution in [0.5, 0.6) is 5.75 Å². The average molecular weight is 253 g/mol. The second-order valence-electron chi connectivity index (χ2n) is 4.37. The van der Waals surface area contributed by atoms with Crippen LogP contribution in [0.1, 0.15) is 5.56 Å². The third-order valence-electron chi connectivity index (χ3n) is 3.13. The van der Waals surface area contributed by atoms with Crippen LogP contribution in [0, 0.1) is 0 Å². The standard InChI is InChI=1S/C15H15N3O/c1-19-12-4-2-3-11(8-12)15-17-13-6-5-10(9-16)7-14(13)18-15/h2-8H,9,16H2,1H3,(H,17,18). The first kappa shape index (κ1) is 11.7. The summed E-state index contributed by atoms with van der Waals surface area (Å²) in [6.07, 6.45) is 0. The van der Waals surface area contributed by atoms with Gasteiger partial charge in [0.1, 0.15) is 11.6 Å². The quantitative estimate of drug-likeness (QED) is 0.754. The number of H-pyrrole nitrogens is 1. The minimum atomic E-state index is 0.531. The molecular weight excluding hydrogens is 238 g/mol. The van der Waals surface area contributed by atoms with Gasteiger partial charge in [-0.25, -0.2) is 4.98 Å². The Morgan fingerprint density at radius 1 is 1.21 bits per heavy atom. The lowest BCUT2D eigenvalue weighted by atomic mass is 10.2. The first-order valence-electron chi connectivity index (χ1n) is 6.13. The number of hydrogen-bond acceptors (Lipinski definition) is 3. The van der Waals surface area contributed by atoms with E-state index in [1.165, 1.54) is 0 Å². The molecule has 3 aromatic rings. The van der Waals surface area contributed by atoms with Gasteiger partial charge >= 0.3 is 0 Å². The number of nitrogens with two attached hydrogens (primary N) is 1. The number of aromatic nitrogens is 2. The van der Waals surface area contributed by atoms with Crippen LogP contribution in [0.2, 0.25) is 0 Å². The van der Waals surface area contributed by atoms with E-state index in [2.05, 4.69) is 9.97 Å². The summed E-state index contributed by atoms with van der Waals surface area (Å²) < 4.78 is 5.23. The number of aromatic amines is 1. The second-order valence-corrected chi connectivity index (χ2v) is 4.37. The molecule has 0 saturated carbocycles. The molecule has 96 valence electrons. The largest absolute Gasteiger partial charge is 0.497 e. The lowest BCUT2D eigenvalue weighted by Gasteiger charge is -2.01. The maximum atomic E-state index is 5.65. The molecule has 1 heterocycles. The van der Waals surface area contributed by atoms with Crippen molar-refractivity contribution < 1.29 is 4.74 Å². The van der Waals surface area contributed by atoms with Crippen molar-refractivity contribution in [3.05, 3.63) is 48.0 Å². The molecule has 0 saturated heterocycles. The van der Waals surface area contributed by atoms with Gasteiger partial charge in [0, 0.05) is 12.1 Å². The third-order valence-corrected chi connectivity index (χ3v) is 3.13. The van der Waals surface area contributed by atoms with Crippen molar-refractivity contribution in [1.29, 1.82) is 0 Å². The molecular formula is C15H15N3O. The van der Waals surface area contributed by atoms with Crippen LogP contribution in [-0.4, -0.2) is 17.1 Å².